The Morgan fingerprint density at radius 3 is 2.59 bits per heavy atom. The number of aromatic nitrogens is 1. The number of hydrogen-bond acceptors (Lipinski definition) is 3. The average Bonchev–Trinajstić information content (AvgIpc) is 3.06. The molecule has 0 atom stereocenters. The fourth-order valence-corrected chi connectivity index (χ4v) is 3.08. The van der Waals surface area contributed by atoms with Crippen molar-refractivity contribution in [1.82, 2.24) is 15.6 Å². The summed E-state index contributed by atoms with van der Waals surface area (Å²) in [5.74, 6) is -0.549. The number of guanidine groups is 1. The predicted octanol–water partition coefficient (Wildman–Crippen LogP) is 4.39. The van der Waals surface area contributed by atoms with Gasteiger partial charge in [0.25, 0.3) is 0 Å². The quantitative estimate of drug-likeness (QED) is 0.259. The van der Waals surface area contributed by atoms with Gasteiger partial charge in [-0.05, 0) is 24.1 Å². The van der Waals surface area contributed by atoms with Gasteiger partial charge in [-0.2, -0.15) is 13.2 Å². The molecule has 2 rings (SSSR count). The molecule has 0 aliphatic rings. The third-order valence-corrected chi connectivity index (χ3v) is 4.66. The van der Waals surface area contributed by atoms with E-state index in [1.165, 1.54) is 7.05 Å². The summed E-state index contributed by atoms with van der Waals surface area (Å²) in [4.78, 5) is 8.44. The molecule has 0 bridgehead atoms. The largest absolute Gasteiger partial charge is 0.416 e. The normalized spacial score (nSPS) is 11.9. The van der Waals surface area contributed by atoms with Gasteiger partial charge in [-0.3, -0.25) is 4.99 Å². The molecule has 0 aliphatic heterocycles. The standard InChI is InChI=1S/C17H20F4N4S.HI/c1-3-15-25-13(10-26-15)6-7-23-16(22-2)24-9-11-4-5-12(18)8-14(11)17(19,20)21;/h4-5,8,10H,3,6-7,9H2,1-2H3,(H2,22,23,24);1H. The SMILES string of the molecule is CCc1nc(CCNC(=NC)NCc2ccc(F)cc2C(F)(F)F)cs1.I. The van der Waals surface area contributed by atoms with Crippen molar-refractivity contribution in [2.24, 2.45) is 4.99 Å². The number of benzene rings is 1. The van der Waals surface area contributed by atoms with E-state index in [0.29, 0.717) is 25.0 Å². The molecule has 2 aromatic rings. The Morgan fingerprint density at radius 1 is 1.26 bits per heavy atom. The average molecular weight is 516 g/mol. The third kappa shape index (κ3) is 7.24. The number of alkyl halides is 3. The molecule has 0 saturated heterocycles. The number of nitrogens with one attached hydrogen (secondary N) is 2. The monoisotopic (exact) mass is 516 g/mol. The van der Waals surface area contributed by atoms with Gasteiger partial charge in [0.2, 0.25) is 0 Å². The van der Waals surface area contributed by atoms with E-state index in [9.17, 15) is 17.6 Å². The van der Waals surface area contributed by atoms with Crippen LogP contribution in [0.3, 0.4) is 0 Å². The number of thiazole rings is 1. The van der Waals surface area contributed by atoms with Crippen LogP contribution in [0.4, 0.5) is 17.6 Å². The fourth-order valence-electron chi connectivity index (χ4n) is 2.30. The Labute approximate surface area is 176 Å². The zero-order valence-electron chi connectivity index (χ0n) is 14.9. The Bertz CT molecular complexity index is 762. The van der Waals surface area contributed by atoms with E-state index < -0.39 is 17.6 Å². The van der Waals surface area contributed by atoms with Crippen LogP contribution >= 0.6 is 35.3 Å². The maximum atomic E-state index is 13.1. The van der Waals surface area contributed by atoms with Crippen molar-refractivity contribution in [3.63, 3.8) is 0 Å². The second-order valence-electron chi connectivity index (χ2n) is 5.49. The van der Waals surface area contributed by atoms with E-state index in [4.69, 9.17) is 0 Å². The van der Waals surface area contributed by atoms with Crippen molar-refractivity contribution in [2.75, 3.05) is 13.6 Å². The van der Waals surface area contributed by atoms with Crippen molar-refractivity contribution < 1.29 is 17.6 Å². The van der Waals surface area contributed by atoms with Crippen LogP contribution < -0.4 is 10.6 Å². The first kappa shape index (κ1) is 23.6. The van der Waals surface area contributed by atoms with Gasteiger partial charge >= 0.3 is 6.18 Å². The molecule has 2 N–H and O–H groups in total. The minimum Gasteiger partial charge on any atom is -0.356 e. The molecule has 0 radical (unpaired) electrons. The van der Waals surface area contributed by atoms with Gasteiger partial charge < -0.3 is 10.6 Å². The fraction of sp³-hybridized carbons (Fsp3) is 0.412. The highest BCUT2D eigenvalue weighted by Crippen LogP contribution is 2.32. The molecule has 4 nitrogen and oxygen atoms in total. The Hall–Kier alpha value is -1.43. The van der Waals surface area contributed by atoms with Crippen LogP contribution in [0, 0.1) is 5.82 Å². The van der Waals surface area contributed by atoms with Crippen molar-refractivity contribution in [2.45, 2.75) is 32.5 Å². The van der Waals surface area contributed by atoms with Gasteiger partial charge in [0.05, 0.1) is 16.3 Å². The molecule has 10 heteroatoms. The van der Waals surface area contributed by atoms with Gasteiger partial charge in [-0.1, -0.05) is 13.0 Å². The summed E-state index contributed by atoms with van der Waals surface area (Å²) in [6, 6.07) is 2.64. The van der Waals surface area contributed by atoms with Crippen LogP contribution in [0.2, 0.25) is 0 Å². The minimum absolute atomic E-state index is 0. The lowest BCUT2D eigenvalue weighted by Crippen LogP contribution is -2.38. The van der Waals surface area contributed by atoms with Gasteiger partial charge in [-0.25, -0.2) is 9.37 Å². The van der Waals surface area contributed by atoms with Crippen molar-refractivity contribution in [3.8, 4) is 0 Å². The predicted molar refractivity (Wildman–Crippen MR) is 110 cm³/mol. The van der Waals surface area contributed by atoms with Crippen molar-refractivity contribution in [3.05, 3.63) is 51.2 Å². The smallest absolute Gasteiger partial charge is 0.356 e. The van der Waals surface area contributed by atoms with Gasteiger partial charge in [0.1, 0.15) is 5.82 Å². The highest BCUT2D eigenvalue weighted by Gasteiger charge is 2.33. The topological polar surface area (TPSA) is 49.3 Å². The number of nitrogens with zero attached hydrogens (tertiary/aromatic N) is 2. The molecule has 27 heavy (non-hydrogen) atoms. The zero-order valence-corrected chi connectivity index (χ0v) is 18.0. The lowest BCUT2D eigenvalue weighted by atomic mass is 10.1. The van der Waals surface area contributed by atoms with E-state index >= 15 is 0 Å². The molecular weight excluding hydrogens is 495 g/mol. The summed E-state index contributed by atoms with van der Waals surface area (Å²) >= 11 is 1.60. The molecule has 0 fully saturated rings. The molecule has 1 heterocycles. The number of aryl methyl sites for hydroxylation is 1. The van der Waals surface area contributed by atoms with Gasteiger partial charge in [0, 0.05) is 31.9 Å². The summed E-state index contributed by atoms with van der Waals surface area (Å²) in [7, 11) is 1.53. The van der Waals surface area contributed by atoms with E-state index in [-0.39, 0.29) is 36.1 Å². The molecular formula is C17H21F4IN4S. The van der Waals surface area contributed by atoms with Crippen LogP contribution in [-0.2, 0) is 25.6 Å². The summed E-state index contributed by atoms with van der Waals surface area (Å²) in [5, 5.41) is 8.91. The molecule has 1 aromatic carbocycles. The molecule has 0 aliphatic carbocycles. The maximum absolute atomic E-state index is 13.1. The summed E-state index contributed by atoms with van der Waals surface area (Å²) in [6.45, 7) is 2.46. The first-order chi connectivity index (χ1) is 12.3. The van der Waals surface area contributed by atoms with Crippen LogP contribution in [0.15, 0.2) is 28.6 Å². The molecule has 0 amide bonds. The van der Waals surface area contributed by atoms with E-state index in [1.807, 2.05) is 12.3 Å². The van der Waals surface area contributed by atoms with Crippen molar-refractivity contribution >= 4 is 41.3 Å². The number of halogens is 5. The van der Waals surface area contributed by atoms with Crippen LogP contribution in [0.1, 0.15) is 28.8 Å². The van der Waals surface area contributed by atoms with Crippen LogP contribution in [0.25, 0.3) is 0 Å². The van der Waals surface area contributed by atoms with Gasteiger partial charge in [0.15, 0.2) is 5.96 Å². The second-order valence-corrected chi connectivity index (χ2v) is 6.43. The minimum atomic E-state index is -4.61. The first-order valence-corrected chi connectivity index (χ1v) is 8.95. The first-order valence-electron chi connectivity index (χ1n) is 8.07. The number of rotatable bonds is 6. The van der Waals surface area contributed by atoms with Gasteiger partial charge in [-0.15, -0.1) is 35.3 Å². The zero-order chi connectivity index (χ0) is 19.2. The molecule has 0 unspecified atom stereocenters. The Kier molecular flexibility index (Phi) is 9.43. The lowest BCUT2D eigenvalue weighted by molar-refractivity contribution is -0.138. The lowest BCUT2D eigenvalue weighted by Gasteiger charge is -2.15. The number of hydrogen-bond donors (Lipinski definition) is 2. The number of aliphatic imine (C=N–C) groups is 1. The van der Waals surface area contributed by atoms with Crippen LogP contribution in [-0.4, -0.2) is 24.5 Å². The molecule has 0 spiro atoms. The van der Waals surface area contributed by atoms with E-state index in [1.54, 1.807) is 11.3 Å². The Balaban J connectivity index is 0.00000364. The second kappa shape index (κ2) is 10.8. The summed E-state index contributed by atoms with van der Waals surface area (Å²) in [6.07, 6.45) is -3.04. The van der Waals surface area contributed by atoms with Crippen molar-refractivity contribution in [1.29, 1.82) is 0 Å². The molecule has 150 valence electrons. The summed E-state index contributed by atoms with van der Waals surface area (Å²) < 4.78 is 52.2. The molecule has 0 saturated carbocycles. The maximum Gasteiger partial charge on any atom is 0.416 e. The highest BCUT2D eigenvalue weighted by atomic mass is 127. The molecule has 1 aromatic heterocycles. The third-order valence-electron chi connectivity index (χ3n) is 3.62. The summed E-state index contributed by atoms with van der Waals surface area (Å²) in [5.41, 5.74) is -0.0725. The van der Waals surface area contributed by atoms with E-state index in [2.05, 4.69) is 20.6 Å². The Morgan fingerprint density at radius 2 is 2.00 bits per heavy atom. The van der Waals surface area contributed by atoms with E-state index in [0.717, 1.165) is 29.3 Å². The van der Waals surface area contributed by atoms with Crippen LogP contribution in [0.5, 0.6) is 0 Å². The highest BCUT2D eigenvalue weighted by molar-refractivity contribution is 14.0.